The van der Waals surface area contributed by atoms with Gasteiger partial charge in [-0.1, -0.05) is 15.9 Å². The van der Waals surface area contributed by atoms with Crippen molar-refractivity contribution in [2.24, 2.45) is 0 Å². The Labute approximate surface area is 150 Å². The van der Waals surface area contributed by atoms with Crippen molar-refractivity contribution in [3.63, 3.8) is 0 Å². The number of methoxy groups -OCH3 is 1. The van der Waals surface area contributed by atoms with Crippen LogP contribution < -0.4 is 4.74 Å². The van der Waals surface area contributed by atoms with Crippen LogP contribution in [0, 0.1) is 0 Å². The zero-order valence-corrected chi connectivity index (χ0v) is 15.5. The normalized spacial score (nSPS) is 17.8. The number of rotatable bonds is 5. The third-order valence-electron chi connectivity index (χ3n) is 3.94. The number of likely N-dealkylation sites (tertiary alicyclic amines) is 1. The van der Waals surface area contributed by atoms with Crippen LogP contribution in [0.3, 0.4) is 0 Å². The summed E-state index contributed by atoms with van der Waals surface area (Å²) in [7, 11) is 1.59. The molecule has 1 heterocycles. The topological polar surface area (TPSA) is 55.8 Å². The minimum absolute atomic E-state index is 0.185. The smallest absolute Gasteiger partial charge is 0.328 e. The molecule has 0 spiro atoms. The van der Waals surface area contributed by atoms with E-state index in [1.165, 1.54) is 6.08 Å². The summed E-state index contributed by atoms with van der Waals surface area (Å²) in [4.78, 5) is 26.2. The molecule has 1 atom stereocenters. The van der Waals surface area contributed by atoms with Gasteiger partial charge in [0.1, 0.15) is 11.8 Å². The second-order valence-corrected chi connectivity index (χ2v) is 6.43. The Morgan fingerprint density at radius 1 is 1.38 bits per heavy atom. The first-order valence-corrected chi connectivity index (χ1v) is 8.85. The average Bonchev–Trinajstić information content (AvgIpc) is 2.60. The highest BCUT2D eigenvalue weighted by Gasteiger charge is 2.32. The highest BCUT2D eigenvalue weighted by molar-refractivity contribution is 9.10. The number of piperidine rings is 1. The van der Waals surface area contributed by atoms with Crippen molar-refractivity contribution < 1.29 is 19.1 Å². The molecule has 24 heavy (non-hydrogen) atoms. The minimum atomic E-state index is -0.486. The molecular weight excluding hydrogens is 374 g/mol. The lowest BCUT2D eigenvalue weighted by atomic mass is 10.0. The van der Waals surface area contributed by atoms with Crippen molar-refractivity contribution in [1.82, 2.24) is 4.90 Å². The molecule has 0 aliphatic carbocycles. The maximum Gasteiger partial charge on any atom is 0.328 e. The molecule has 5 nitrogen and oxygen atoms in total. The van der Waals surface area contributed by atoms with Gasteiger partial charge in [-0.05, 0) is 50.5 Å². The summed E-state index contributed by atoms with van der Waals surface area (Å²) in [5.74, 6) is 0.177. The first kappa shape index (κ1) is 18.5. The maximum atomic E-state index is 12.6. The molecule has 2 rings (SSSR count). The fourth-order valence-electron chi connectivity index (χ4n) is 2.77. The summed E-state index contributed by atoms with van der Waals surface area (Å²) in [6.07, 6.45) is 5.68. The second-order valence-electron chi connectivity index (χ2n) is 5.51. The Morgan fingerprint density at radius 2 is 2.17 bits per heavy atom. The molecule has 1 saturated heterocycles. The largest absolute Gasteiger partial charge is 0.496 e. The number of esters is 1. The van der Waals surface area contributed by atoms with E-state index in [1.54, 1.807) is 25.0 Å². The number of nitrogens with zero attached hydrogens (tertiary/aromatic N) is 1. The zero-order chi connectivity index (χ0) is 17.5. The lowest BCUT2D eigenvalue weighted by molar-refractivity contribution is -0.155. The van der Waals surface area contributed by atoms with E-state index in [0.29, 0.717) is 25.3 Å². The van der Waals surface area contributed by atoms with Crippen LogP contribution in [0.25, 0.3) is 6.08 Å². The number of benzene rings is 1. The maximum absolute atomic E-state index is 12.6. The summed E-state index contributed by atoms with van der Waals surface area (Å²) in [5, 5.41) is 0. The van der Waals surface area contributed by atoms with Crippen molar-refractivity contribution in [3.8, 4) is 5.75 Å². The van der Waals surface area contributed by atoms with Gasteiger partial charge >= 0.3 is 5.97 Å². The Bertz CT molecular complexity index is 629. The molecule has 1 aliphatic heterocycles. The monoisotopic (exact) mass is 395 g/mol. The summed E-state index contributed by atoms with van der Waals surface area (Å²) in [5.41, 5.74) is 0.796. The second kappa shape index (κ2) is 8.87. The van der Waals surface area contributed by atoms with Gasteiger partial charge in [-0.2, -0.15) is 0 Å². The predicted octanol–water partition coefficient (Wildman–Crippen LogP) is 3.42. The summed E-state index contributed by atoms with van der Waals surface area (Å²) in [6, 6.07) is 5.10. The molecule has 1 aliphatic rings. The molecule has 0 aromatic heterocycles. The minimum Gasteiger partial charge on any atom is -0.496 e. The predicted molar refractivity (Wildman–Crippen MR) is 95.7 cm³/mol. The lowest BCUT2D eigenvalue weighted by Crippen LogP contribution is -2.48. The molecule has 1 fully saturated rings. The van der Waals surface area contributed by atoms with Gasteiger partial charge in [0, 0.05) is 22.7 Å². The molecule has 1 unspecified atom stereocenters. The first-order chi connectivity index (χ1) is 11.6. The van der Waals surface area contributed by atoms with Crippen molar-refractivity contribution >= 4 is 33.9 Å². The van der Waals surface area contributed by atoms with Crippen LogP contribution in [-0.2, 0) is 14.3 Å². The SMILES string of the molecule is CCOC(=O)C1CCCCN1C(=O)/C=C/c1cc(Br)ccc1OC. The number of hydrogen-bond donors (Lipinski definition) is 0. The van der Waals surface area contributed by atoms with E-state index in [2.05, 4.69) is 15.9 Å². The van der Waals surface area contributed by atoms with Crippen LogP contribution in [0.15, 0.2) is 28.7 Å². The van der Waals surface area contributed by atoms with Crippen LogP contribution >= 0.6 is 15.9 Å². The van der Waals surface area contributed by atoms with Gasteiger partial charge in [0.15, 0.2) is 0 Å². The van der Waals surface area contributed by atoms with Crippen LogP contribution in [0.2, 0.25) is 0 Å². The van der Waals surface area contributed by atoms with E-state index >= 15 is 0 Å². The van der Waals surface area contributed by atoms with Crippen LogP contribution in [-0.4, -0.2) is 43.1 Å². The molecule has 1 amide bonds. The summed E-state index contributed by atoms with van der Waals surface area (Å²) in [6.45, 7) is 2.66. The first-order valence-electron chi connectivity index (χ1n) is 8.05. The van der Waals surface area contributed by atoms with Crippen LogP contribution in [0.5, 0.6) is 5.75 Å². The highest BCUT2D eigenvalue weighted by atomic mass is 79.9. The van der Waals surface area contributed by atoms with Crippen LogP contribution in [0.4, 0.5) is 0 Å². The molecular formula is C18H22BrNO4. The molecule has 6 heteroatoms. The third kappa shape index (κ3) is 4.60. The third-order valence-corrected chi connectivity index (χ3v) is 4.44. The number of hydrogen-bond acceptors (Lipinski definition) is 4. The van der Waals surface area contributed by atoms with Crippen molar-refractivity contribution in [3.05, 3.63) is 34.3 Å². The number of amides is 1. The number of carbonyl (C=O) groups is 2. The molecule has 0 saturated carbocycles. The highest BCUT2D eigenvalue weighted by Crippen LogP contribution is 2.25. The molecule has 1 aromatic carbocycles. The van der Waals surface area contributed by atoms with Crippen molar-refractivity contribution in [2.75, 3.05) is 20.3 Å². The van der Waals surface area contributed by atoms with Gasteiger partial charge in [0.25, 0.3) is 0 Å². The Hall–Kier alpha value is -1.82. The summed E-state index contributed by atoms with van der Waals surface area (Å²) >= 11 is 3.41. The molecule has 1 aromatic rings. The molecule has 0 N–H and O–H groups in total. The van der Waals surface area contributed by atoms with Crippen LogP contribution in [0.1, 0.15) is 31.7 Å². The van der Waals surface area contributed by atoms with Gasteiger partial charge in [-0.25, -0.2) is 4.79 Å². The van der Waals surface area contributed by atoms with E-state index in [9.17, 15) is 9.59 Å². The van der Waals surface area contributed by atoms with Gasteiger partial charge < -0.3 is 14.4 Å². The van der Waals surface area contributed by atoms with Gasteiger partial charge in [-0.3, -0.25) is 4.79 Å². The van der Waals surface area contributed by atoms with Crippen molar-refractivity contribution in [1.29, 1.82) is 0 Å². The molecule has 130 valence electrons. The Balaban J connectivity index is 2.15. The van der Waals surface area contributed by atoms with Gasteiger partial charge in [0.2, 0.25) is 5.91 Å². The van der Waals surface area contributed by atoms with E-state index in [0.717, 1.165) is 22.9 Å². The average molecular weight is 396 g/mol. The van der Waals surface area contributed by atoms with E-state index in [-0.39, 0.29) is 11.9 Å². The molecule has 0 bridgehead atoms. The van der Waals surface area contributed by atoms with E-state index in [4.69, 9.17) is 9.47 Å². The van der Waals surface area contributed by atoms with Crippen molar-refractivity contribution in [2.45, 2.75) is 32.2 Å². The summed E-state index contributed by atoms with van der Waals surface area (Å²) < 4.78 is 11.3. The Morgan fingerprint density at radius 3 is 2.88 bits per heavy atom. The fraction of sp³-hybridized carbons (Fsp3) is 0.444. The van der Waals surface area contributed by atoms with E-state index in [1.807, 2.05) is 18.2 Å². The number of ether oxygens (including phenoxy) is 2. The number of halogens is 1. The van der Waals surface area contributed by atoms with Gasteiger partial charge in [-0.15, -0.1) is 0 Å². The molecule has 0 radical (unpaired) electrons. The van der Waals surface area contributed by atoms with E-state index < -0.39 is 6.04 Å². The van der Waals surface area contributed by atoms with Gasteiger partial charge in [0.05, 0.1) is 13.7 Å². The zero-order valence-electron chi connectivity index (χ0n) is 14.0. The Kier molecular flexibility index (Phi) is 6.85. The fourth-order valence-corrected chi connectivity index (χ4v) is 3.15. The quantitative estimate of drug-likeness (QED) is 0.566. The standard InChI is InChI=1S/C18H22BrNO4/c1-3-24-18(22)15-6-4-5-11-20(15)17(21)10-7-13-12-14(19)8-9-16(13)23-2/h7-10,12,15H,3-6,11H2,1-2H3/b10-7+. The number of carbonyl (C=O) groups excluding carboxylic acids is 2. The lowest BCUT2D eigenvalue weighted by Gasteiger charge is -2.33.